The molecule has 3 aliphatic heterocycles. The first kappa shape index (κ1) is 49.1. The van der Waals surface area contributed by atoms with E-state index in [9.17, 15) is 74.1 Å². The third-order valence-electron chi connectivity index (χ3n) is 11.6. The molecule has 0 fully saturated rings. The molecule has 8 bridgehead atoms. The summed E-state index contributed by atoms with van der Waals surface area (Å²) in [7, 11) is 0. The van der Waals surface area contributed by atoms with Crippen molar-refractivity contribution in [1.82, 2.24) is 19.9 Å². The number of hydrogen-bond donors (Lipinski definition) is 1. The van der Waals surface area contributed by atoms with Crippen molar-refractivity contribution in [2.24, 2.45) is 5.73 Å². The van der Waals surface area contributed by atoms with Crippen LogP contribution in [-0.2, 0) is 79.1 Å². The first-order valence-corrected chi connectivity index (χ1v) is 19.4. The van der Waals surface area contributed by atoms with Gasteiger partial charge in [-0.2, -0.15) is 11.4 Å². The SMILES string of the molecule is C[C@@]1(CC(=O)[O-])c2cc3[n-]c(cc4nc(cc5[n-]c(cc(n2)[C@H]1CCC(=O)[O-])c(CC(=O)[O-])c5CCC(=O)[O-])C(CCC(=O)[O-])=C4CC(=O)[O-])[C@@](C)(CC(N)=O)[C@@H]3CCC(=O)[O-].[Fe]. The molecule has 5 rings (SSSR count). The molecule has 5 heterocycles. The van der Waals surface area contributed by atoms with Crippen LogP contribution in [0.15, 0.2) is 24.3 Å². The fraction of sp³-hybridized carbons (Fsp3) is 0.429. The molecule has 338 valence electrons. The quantitative estimate of drug-likeness (QED) is 0.121. The van der Waals surface area contributed by atoms with Crippen LogP contribution >= 0.6 is 0 Å². The number of allylic oxidation sites excluding steroid dienone is 1. The number of carbonyl (C=O) groups excluding carboxylic acids is 8. The molecular formula is C42H38FeN5O15-9. The summed E-state index contributed by atoms with van der Waals surface area (Å²) in [4.78, 5) is 116. The number of fused-ring (bicyclic) bond motifs is 8. The van der Waals surface area contributed by atoms with Crippen LogP contribution in [0, 0.1) is 0 Å². The Balaban J connectivity index is 0.00000871. The van der Waals surface area contributed by atoms with Crippen molar-refractivity contribution in [3.63, 3.8) is 0 Å². The largest absolute Gasteiger partial charge is 0.664 e. The second-order valence-electron chi connectivity index (χ2n) is 15.9. The zero-order chi connectivity index (χ0) is 45.8. The Hall–Kier alpha value is -6.60. The van der Waals surface area contributed by atoms with Crippen molar-refractivity contribution in [1.29, 1.82) is 0 Å². The van der Waals surface area contributed by atoms with Gasteiger partial charge in [-0.1, -0.05) is 49.2 Å². The average Bonchev–Trinajstić information content (AvgIpc) is 3.77. The fourth-order valence-electron chi connectivity index (χ4n) is 8.77. The third-order valence-corrected chi connectivity index (χ3v) is 11.6. The minimum atomic E-state index is -1.63. The number of aromatic nitrogens is 4. The van der Waals surface area contributed by atoms with Gasteiger partial charge in [0.25, 0.3) is 0 Å². The summed E-state index contributed by atoms with van der Waals surface area (Å²) in [5.41, 5.74) is 2.08. The van der Waals surface area contributed by atoms with Crippen molar-refractivity contribution in [3.8, 4) is 0 Å². The second kappa shape index (κ2) is 19.6. The molecule has 20 nitrogen and oxygen atoms in total. The van der Waals surface area contributed by atoms with E-state index < -0.39 is 122 Å². The maximum absolute atomic E-state index is 12.8. The molecular weight excluding hydrogens is 870 g/mol. The fourth-order valence-corrected chi connectivity index (χ4v) is 8.77. The Morgan fingerprint density at radius 1 is 0.587 bits per heavy atom. The van der Waals surface area contributed by atoms with Crippen LogP contribution in [0.4, 0.5) is 0 Å². The van der Waals surface area contributed by atoms with Crippen LogP contribution in [0.25, 0.3) is 22.2 Å². The van der Waals surface area contributed by atoms with Crippen molar-refractivity contribution in [3.05, 3.63) is 69.6 Å². The van der Waals surface area contributed by atoms with E-state index in [0.717, 1.165) is 0 Å². The van der Waals surface area contributed by atoms with Gasteiger partial charge in [0.1, 0.15) is 0 Å². The van der Waals surface area contributed by atoms with Gasteiger partial charge >= 0.3 is 0 Å². The van der Waals surface area contributed by atoms with E-state index in [4.69, 9.17) is 15.7 Å². The number of carbonyl (C=O) groups is 8. The molecule has 3 aliphatic rings. The Morgan fingerprint density at radius 3 is 1.70 bits per heavy atom. The smallest absolute Gasteiger partial charge is 0.218 e. The molecule has 0 aromatic carbocycles. The monoisotopic (exact) mass is 908 g/mol. The van der Waals surface area contributed by atoms with Gasteiger partial charge in [-0.15, -0.1) is 11.0 Å². The van der Waals surface area contributed by atoms with Gasteiger partial charge in [0.15, 0.2) is 0 Å². The van der Waals surface area contributed by atoms with E-state index in [-0.39, 0.29) is 110 Å². The number of aliphatic carboxylic acids is 7. The standard InChI is InChI=1S/C42H47N5O15.Fe/c1-41(17-33(43)48)24(6-10-37(55)56)30-16-32-42(2,18-40(61)62)23(5-9-36(53)54)29(46-32)14-27-21(11-38(57)58)19(3-7-34(49)50)25(44-27)13-26-20(4-8-35(51)52)22(12-39(59)60)28(45-26)15-31(41)47-30;/h13-16,23-24H,3-12,17-18H2,1-2H3,(H11,43,44,45,46,47,48,49,50,51,52,53,54,55,56,57,58,59,60,61,62);/p-9/t23-,24-,41+,42+;/m1./s1. The first-order chi connectivity index (χ1) is 29.0. The van der Waals surface area contributed by atoms with Gasteiger partial charge in [-0.25, -0.2) is 4.98 Å². The van der Waals surface area contributed by atoms with E-state index in [1.54, 1.807) is 0 Å². The summed E-state index contributed by atoms with van der Waals surface area (Å²) >= 11 is 0. The summed E-state index contributed by atoms with van der Waals surface area (Å²) < 4.78 is 0. The van der Waals surface area contributed by atoms with E-state index in [0.29, 0.717) is 0 Å². The first-order valence-electron chi connectivity index (χ1n) is 19.4. The summed E-state index contributed by atoms with van der Waals surface area (Å²) in [6.07, 6.45) is -6.76. The van der Waals surface area contributed by atoms with Crippen LogP contribution in [0.1, 0.15) is 135 Å². The Morgan fingerprint density at radius 2 is 1.14 bits per heavy atom. The van der Waals surface area contributed by atoms with Crippen molar-refractivity contribution in [2.75, 3.05) is 0 Å². The molecule has 2 aromatic heterocycles. The number of primary amides is 1. The predicted molar refractivity (Wildman–Crippen MR) is 195 cm³/mol. The summed E-state index contributed by atoms with van der Waals surface area (Å²) in [5, 5.41) is 84.2. The van der Waals surface area contributed by atoms with E-state index in [2.05, 4.69) is 9.97 Å². The molecule has 0 unspecified atom stereocenters. The number of nitrogens with two attached hydrogens (primary N) is 1. The number of carboxylic acids is 7. The molecule has 21 heteroatoms. The van der Waals surface area contributed by atoms with E-state index in [1.807, 2.05) is 0 Å². The molecule has 2 aromatic rings. The second-order valence-corrected chi connectivity index (χ2v) is 15.9. The van der Waals surface area contributed by atoms with Crippen LogP contribution in [0.5, 0.6) is 0 Å². The third kappa shape index (κ3) is 11.1. The molecule has 63 heavy (non-hydrogen) atoms. The number of aryl methyl sites for hydroxylation is 1. The number of nitrogens with zero attached hydrogens (tertiary/aromatic N) is 4. The maximum atomic E-state index is 12.8. The van der Waals surface area contributed by atoms with Crippen molar-refractivity contribution >= 4 is 69.9 Å². The number of rotatable bonds is 20. The predicted octanol–water partition coefficient (Wildman–Crippen LogP) is -5.99. The minimum absolute atomic E-state index is 0. The Bertz CT molecular complexity index is 2490. The van der Waals surface area contributed by atoms with Gasteiger partial charge in [-0.05, 0) is 80.3 Å². The molecule has 0 saturated heterocycles. The normalized spacial score (nSPS) is 19.7. The minimum Gasteiger partial charge on any atom is -0.664 e. The Kier molecular flexibility index (Phi) is 15.3. The zero-order valence-electron chi connectivity index (χ0n) is 33.8. The van der Waals surface area contributed by atoms with E-state index >= 15 is 0 Å². The van der Waals surface area contributed by atoms with Gasteiger partial charge in [0.2, 0.25) is 5.91 Å². The van der Waals surface area contributed by atoms with Gasteiger partial charge < -0.3 is 85.0 Å². The molecule has 4 atom stereocenters. The van der Waals surface area contributed by atoms with Gasteiger partial charge in [0.05, 0.1) is 11.4 Å². The molecule has 0 saturated carbocycles. The molecule has 2 N–H and O–H groups in total. The van der Waals surface area contributed by atoms with Crippen LogP contribution in [-0.4, -0.2) is 57.7 Å². The summed E-state index contributed by atoms with van der Waals surface area (Å²) in [5.74, 6) is -13.9. The number of hydrogen-bond acceptors (Lipinski definition) is 17. The van der Waals surface area contributed by atoms with Crippen LogP contribution < -0.4 is 51.4 Å². The van der Waals surface area contributed by atoms with Crippen LogP contribution in [0.3, 0.4) is 0 Å². The molecule has 0 aliphatic carbocycles. The van der Waals surface area contributed by atoms with Crippen LogP contribution in [0.2, 0.25) is 0 Å². The summed E-state index contributed by atoms with van der Waals surface area (Å²) in [6.45, 7) is 2.99. The van der Waals surface area contributed by atoms with Crippen molar-refractivity contribution < 1.29 is 91.2 Å². The Labute approximate surface area is 368 Å². The van der Waals surface area contributed by atoms with Gasteiger partial charge in [-0.3, -0.25) is 9.78 Å². The number of amides is 1. The maximum Gasteiger partial charge on any atom is 0.218 e. The molecule has 1 amide bonds. The molecule has 0 spiro atoms. The van der Waals surface area contributed by atoms with E-state index in [1.165, 1.54) is 38.1 Å². The molecule has 0 radical (unpaired) electrons. The number of carboxylic acid groups (broad SMARTS) is 7. The zero-order valence-corrected chi connectivity index (χ0v) is 34.9. The summed E-state index contributed by atoms with van der Waals surface area (Å²) in [6, 6.07) is 5.17. The van der Waals surface area contributed by atoms with Crippen molar-refractivity contribution in [2.45, 2.75) is 114 Å². The average molecular weight is 909 g/mol. The topological polar surface area (TPSA) is 378 Å². The van der Waals surface area contributed by atoms with Gasteiger partial charge in [0, 0.05) is 101 Å².